The Kier molecular flexibility index (Phi) is 11.5. The van der Waals surface area contributed by atoms with Gasteiger partial charge in [-0.2, -0.15) is 0 Å². The topological polar surface area (TPSA) is 33.2 Å². The summed E-state index contributed by atoms with van der Waals surface area (Å²) in [6, 6.07) is 109. The Hall–Kier alpha value is -11.3. The molecule has 0 amide bonds. The van der Waals surface area contributed by atoms with Crippen LogP contribution in [0.25, 0.3) is 81.7 Å². The predicted molar refractivity (Wildman–Crippen MR) is 365 cm³/mol. The van der Waals surface area contributed by atoms with Gasteiger partial charge in [0.2, 0.25) is 0 Å². The summed E-state index contributed by atoms with van der Waals surface area (Å²) in [6.45, 7) is 1.34. The summed E-state index contributed by atoms with van der Waals surface area (Å²) in [5, 5.41) is 16.2. The van der Waals surface area contributed by atoms with Crippen molar-refractivity contribution in [2.75, 3.05) is 50.2 Å². The first-order valence-electron chi connectivity index (χ1n) is 29.6. The van der Waals surface area contributed by atoms with Gasteiger partial charge in [-0.15, -0.1) is 0 Å². The molecule has 0 atom stereocenters. The fourth-order valence-corrected chi connectivity index (χ4v) is 14.0. The van der Waals surface area contributed by atoms with Crippen LogP contribution in [0.5, 0.6) is 0 Å². The van der Waals surface area contributed by atoms with E-state index in [4.69, 9.17) is 0 Å². The Morgan fingerprint density at radius 3 is 1.16 bits per heavy atom. The van der Waals surface area contributed by atoms with Crippen LogP contribution < -0.4 is 29.8 Å². The molecule has 17 rings (SSSR count). The number of para-hydroxylation sites is 4. The first-order chi connectivity index (χ1) is 42.6. The van der Waals surface area contributed by atoms with Gasteiger partial charge in [-0.3, -0.25) is 0 Å². The molecular weight excluding hydrogens is 1050 g/mol. The van der Waals surface area contributed by atoms with Crippen LogP contribution in [-0.4, -0.2) is 25.0 Å². The molecule has 0 unspecified atom stereocenters. The SMILES string of the molecule is CN1CN(c2cc(-c3ccc(-n4c5ccc(N(c6ccccc6)c6ccccc6)cc5c5cc(N(c6ccccc6)c6ccccc6)ccc54)cc3)cc(N3CNc4c3c3ccccc3c3ccccc43)c2)c2c1c1ccccc1c1ccccc21. The summed E-state index contributed by atoms with van der Waals surface area (Å²) in [5.41, 5.74) is 19.3. The molecule has 7 heteroatoms. The Labute approximate surface area is 499 Å². The van der Waals surface area contributed by atoms with Crippen molar-refractivity contribution in [2.45, 2.75) is 0 Å². The van der Waals surface area contributed by atoms with E-state index < -0.39 is 0 Å². The monoisotopic (exact) mass is 1100 g/mol. The van der Waals surface area contributed by atoms with Crippen molar-refractivity contribution in [3.63, 3.8) is 0 Å². The molecule has 0 aliphatic carbocycles. The maximum absolute atomic E-state index is 3.90. The zero-order chi connectivity index (χ0) is 56.8. The molecule has 2 aliphatic heterocycles. The smallest absolute Gasteiger partial charge is 0.0950 e. The number of aromatic nitrogens is 1. The Bertz CT molecular complexity index is 4900. The van der Waals surface area contributed by atoms with Crippen molar-refractivity contribution < 1.29 is 0 Å². The fourth-order valence-electron chi connectivity index (χ4n) is 14.0. The van der Waals surface area contributed by atoms with Crippen LogP contribution in [-0.2, 0) is 0 Å². The molecule has 0 saturated carbocycles. The quantitative estimate of drug-likeness (QED) is 0.137. The summed E-state index contributed by atoms with van der Waals surface area (Å²) in [7, 11) is 2.24. The fraction of sp³-hybridized carbons (Fsp3) is 0.0380. The molecule has 1 N–H and O–H groups in total. The number of hydrogen-bond acceptors (Lipinski definition) is 6. The second kappa shape index (κ2) is 20.0. The molecule has 408 valence electrons. The van der Waals surface area contributed by atoms with E-state index >= 15 is 0 Å². The third-order valence-electron chi connectivity index (χ3n) is 17.8. The van der Waals surface area contributed by atoms with E-state index in [0.717, 1.165) is 84.1 Å². The van der Waals surface area contributed by atoms with Gasteiger partial charge < -0.3 is 34.4 Å². The van der Waals surface area contributed by atoms with E-state index in [1.54, 1.807) is 0 Å². The molecule has 0 saturated heterocycles. The number of fused-ring (bicyclic) bond motifs is 15. The lowest BCUT2D eigenvalue weighted by Crippen LogP contribution is -2.24. The molecule has 3 heterocycles. The van der Waals surface area contributed by atoms with Crippen molar-refractivity contribution >= 4 is 133 Å². The Balaban J connectivity index is 0.849. The van der Waals surface area contributed by atoms with E-state index in [9.17, 15) is 0 Å². The third-order valence-corrected chi connectivity index (χ3v) is 17.8. The van der Waals surface area contributed by atoms with Gasteiger partial charge in [-0.1, -0.05) is 182 Å². The first-order valence-corrected chi connectivity index (χ1v) is 29.6. The molecule has 0 fully saturated rings. The lowest BCUT2D eigenvalue weighted by molar-refractivity contribution is 0.952. The predicted octanol–water partition coefficient (Wildman–Crippen LogP) is 21.1. The van der Waals surface area contributed by atoms with Gasteiger partial charge in [0.25, 0.3) is 0 Å². The van der Waals surface area contributed by atoms with Crippen LogP contribution >= 0.6 is 0 Å². The Morgan fingerprint density at radius 1 is 0.291 bits per heavy atom. The summed E-state index contributed by atoms with van der Waals surface area (Å²) >= 11 is 0. The van der Waals surface area contributed by atoms with Gasteiger partial charge in [0.05, 0.1) is 47.1 Å². The average molecular weight is 1100 g/mol. The highest BCUT2D eigenvalue weighted by Gasteiger charge is 2.32. The minimum absolute atomic E-state index is 0.638. The zero-order valence-electron chi connectivity index (χ0n) is 47.4. The minimum Gasteiger partial charge on any atom is -0.365 e. The highest BCUT2D eigenvalue weighted by Crippen LogP contribution is 2.53. The van der Waals surface area contributed by atoms with Crippen LogP contribution in [0.2, 0.25) is 0 Å². The van der Waals surface area contributed by atoms with Crippen molar-refractivity contribution in [3.8, 4) is 16.8 Å². The van der Waals surface area contributed by atoms with Crippen LogP contribution in [0.15, 0.2) is 297 Å². The van der Waals surface area contributed by atoms with Crippen LogP contribution in [0, 0.1) is 0 Å². The molecule has 14 aromatic carbocycles. The van der Waals surface area contributed by atoms with E-state index in [0.29, 0.717) is 13.3 Å². The number of nitrogens with one attached hydrogen (secondary N) is 1. The van der Waals surface area contributed by atoms with Crippen LogP contribution in [0.1, 0.15) is 0 Å². The maximum atomic E-state index is 3.90. The molecule has 15 aromatic rings. The molecule has 0 spiro atoms. The van der Waals surface area contributed by atoms with Crippen molar-refractivity contribution in [3.05, 3.63) is 297 Å². The molecule has 1 aromatic heterocycles. The second-order valence-electron chi connectivity index (χ2n) is 22.7. The number of benzene rings is 14. The molecule has 0 radical (unpaired) electrons. The van der Waals surface area contributed by atoms with E-state index in [1.165, 1.54) is 65.8 Å². The number of nitrogens with zero attached hydrogens (tertiary/aromatic N) is 6. The minimum atomic E-state index is 0.638. The summed E-state index contributed by atoms with van der Waals surface area (Å²) in [6.07, 6.45) is 0. The average Bonchev–Trinajstić information content (AvgIpc) is 1.61. The zero-order valence-corrected chi connectivity index (χ0v) is 47.4. The second-order valence-corrected chi connectivity index (χ2v) is 22.7. The highest BCUT2D eigenvalue weighted by molar-refractivity contribution is 6.24. The summed E-state index contributed by atoms with van der Waals surface area (Å²) in [4.78, 5) is 12.2. The number of hydrogen-bond donors (Lipinski definition) is 1. The third kappa shape index (κ3) is 7.89. The maximum Gasteiger partial charge on any atom is 0.0950 e. The Morgan fingerprint density at radius 2 is 0.686 bits per heavy atom. The molecule has 0 bridgehead atoms. The largest absolute Gasteiger partial charge is 0.365 e. The highest BCUT2D eigenvalue weighted by atomic mass is 15.4. The standard InChI is InChI=1S/C79H57N7/c1-81-52-83(79-71-37-21-17-33-67(71)66-32-16-20-36-70(66)78(79)81)63-47-54(46-62(48-63)82-51-80-76-68-34-18-14-30-64(68)65-31-15-19-35-69(65)77(76)82)53-38-40-59(41-39-53)86-74-44-42-60(84(55-22-6-2-7-23-55)56-24-8-3-9-25-56)49-72(74)73-50-61(43-45-75(73)86)85(57-26-10-4-11-27-57)58-28-12-5-13-29-58/h2-50,80H,51-52H2,1H3. The molecule has 86 heavy (non-hydrogen) atoms. The van der Waals surface area contributed by atoms with E-state index in [1.807, 2.05) is 0 Å². The van der Waals surface area contributed by atoms with Gasteiger partial charge in [-0.05, 0) is 148 Å². The summed E-state index contributed by atoms with van der Waals surface area (Å²) < 4.78 is 2.45. The van der Waals surface area contributed by atoms with Crippen LogP contribution in [0.3, 0.4) is 0 Å². The normalized spacial score (nSPS) is 12.9. The van der Waals surface area contributed by atoms with Crippen molar-refractivity contribution in [2.24, 2.45) is 0 Å². The molecular formula is C79H57N7. The summed E-state index contributed by atoms with van der Waals surface area (Å²) in [5.74, 6) is 0. The number of rotatable bonds is 10. The number of anilines is 12. The lowest BCUT2D eigenvalue weighted by Gasteiger charge is -2.26. The first kappa shape index (κ1) is 49.3. The molecule has 2 aliphatic rings. The van der Waals surface area contributed by atoms with Crippen molar-refractivity contribution in [1.29, 1.82) is 0 Å². The van der Waals surface area contributed by atoms with E-state index in [-0.39, 0.29) is 0 Å². The molecule has 7 nitrogen and oxygen atoms in total. The van der Waals surface area contributed by atoms with Crippen LogP contribution in [0.4, 0.5) is 68.2 Å². The van der Waals surface area contributed by atoms with Gasteiger partial charge in [0, 0.05) is 90.6 Å². The van der Waals surface area contributed by atoms with Gasteiger partial charge in [0.1, 0.15) is 0 Å². The van der Waals surface area contributed by atoms with E-state index in [2.05, 4.69) is 339 Å². The van der Waals surface area contributed by atoms with Gasteiger partial charge in [-0.25, -0.2) is 0 Å². The van der Waals surface area contributed by atoms with Gasteiger partial charge >= 0.3 is 0 Å². The van der Waals surface area contributed by atoms with Gasteiger partial charge in [0.15, 0.2) is 0 Å². The lowest BCUT2D eigenvalue weighted by atomic mass is 9.97. The van der Waals surface area contributed by atoms with Crippen molar-refractivity contribution in [1.82, 2.24) is 4.57 Å².